The van der Waals surface area contributed by atoms with Crippen molar-refractivity contribution < 1.29 is 28.2 Å². The number of halogens is 3. The lowest BCUT2D eigenvalue weighted by Crippen LogP contribution is -2.35. The first-order valence-corrected chi connectivity index (χ1v) is 15.7. The summed E-state index contributed by atoms with van der Waals surface area (Å²) in [5, 5.41) is 25.5. The Morgan fingerprint density at radius 3 is 2.49 bits per heavy atom. The number of nitrogens with two attached hydrogens (primary N) is 1. The molecule has 1 saturated carbocycles. The highest BCUT2D eigenvalue weighted by Crippen LogP contribution is 2.43. The summed E-state index contributed by atoms with van der Waals surface area (Å²) in [5.41, 5.74) is 7.62. The number of alkyl halides is 3. The number of aliphatic hydroxyl groups is 2. The second kappa shape index (κ2) is 12.9. The number of aryl methyl sites for hydroxylation is 1. The number of anilines is 2. The summed E-state index contributed by atoms with van der Waals surface area (Å²) >= 11 is 1.34. The lowest BCUT2D eigenvalue weighted by molar-refractivity contribution is -0.141. The molecule has 2 aromatic carbocycles. The number of primary amides is 1. The first-order valence-electron chi connectivity index (χ1n) is 14.9. The van der Waals surface area contributed by atoms with E-state index < -0.39 is 17.5 Å². The molecule has 0 unspecified atom stereocenters. The summed E-state index contributed by atoms with van der Waals surface area (Å²) in [6, 6.07) is 13.8. The van der Waals surface area contributed by atoms with Gasteiger partial charge in [-0.3, -0.25) is 4.79 Å². The van der Waals surface area contributed by atoms with Crippen LogP contribution in [0.5, 0.6) is 0 Å². The van der Waals surface area contributed by atoms with E-state index in [0.29, 0.717) is 41.9 Å². The molecule has 3 aromatic heterocycles. The third-order valence-electron chi connectivity index (χ3n) is 8.31. The Hall–Kier alpha value is -4.66. The maximum absolute atomic E-state index is 13.7. The maximum atomic E-state index is 13.7. The molecule has 244 valence electrons. The first kappa shape index (κ1) is 32.3. The van der Waals surface area contributed by atoms with E-state index >= 15 is 0 Å². The highest BCUT2D eigenvalue weighted by molar-refractivity contribution is 7.15. The predicted octanol–water partition coefficient (Wildman–Crippen LogP) is 5.81. The van der Waals surface area contributed by atoms with Gasteiger partial charge in [0.1, 0.15) is 16.3 Å². The molecule has 6 rings (SSSR count). The topological polar surface area (TPSA) is 143 Å². The average molecular weight is 664 g/mol. The first-order chi connectivity index (χ1) is 22.4. The van der Waals surface area contributed by atoms with Crippen LogP contribution in [0, 0.1) is 12.8 Å². The number of aliphatic hydroxyl groups excluding tert-OH is 1. The maximum Gasteiger partial charge on any atom is 0.433 e. The molecule has 1 aliphatic carbocycles. The van der Waals surface area contributed by atoms with Crippen molar-refractivity contribution >= 4 is 28.9 Å². The number of benzene rings is 2. The van der Waals surface area contributed by atoms with Crippen LogP contribution < -0.4 is 10.6 Å². The van der Waals surface area contributed by atoms with Crippen molar-refractivity contribution in [3.63, 3.8) is 0 Å². The van der Waals surface area contributed by atoms with Gasteiger partial charge in [0, 0.05) is 35.8 Å². The number of hydrogen-bond donors (Lipinski definition) is 3. The Morgan fingerprint density at radius 2 is 1.83 bits per heavy atom. The number of rotatable bonds is 9. The number of thiazole rings is 1. The molecule has 0 aliphatic heterocycles. The van der Waals surface area contributed by atoms with Crippen molar-refractivity contribution in [2.24, 2.45) is 11.7 Å². The van der Waals surface area contributed by atoms with Crippen molar-refractivity contribution in [1.29, 1.82) is 0 Å². The van der Waals surface area contributed by atoms with E-state index in [4.69, 9.17) is 5.73 Å². The van der Waals surface area contributed by atoms with Crippen LogP contribution in [0.2, 0.25) is 0 Å². The van der Waals surface area contributed by atoms with E-state index in [0.717, 1.165) is 39.5 Å². The van der Waals surface area contributed by atoms with E-state index in [1.54, 1.807) is 28.2 Å². The van der Waals surface area contributed by atoms with Crippen LogP contribution in [-0.4, -0.2) is 40.9 Å². The monoisotopic (exact) mass is 663 g/mol. The second-order valence-electron chi connectivity index (χ2n) is 11.7. The van der Waals surface area contributed by atoms with E-state index in [2.05, 4.69) is 20.1 Å². The Morgan fingerprint density at radius 1 is 1.09 bits per heavy atom. The Balaban J connectivity index is 1.34. The summed E-state index contributed by atoms with van der Waals surface area (Å²) in [5.74, 6) is -0.747. The number of amides is 1. The zero-order valence-corrected chi connectivity index (χ0v) is 26.2. The zero-order valence-electron chi connectivity index (χ0n) is 25.4. The Labute approximate surface area is 272 Å². The van der Waals surface area contributed by atoms with Gasteiger partial charge in [-0.2, -0.15) is 18.3 Å². The van der Waals surface area contributed by atoms with E-state index in [-0.39, 0.29) is 30.9 Å². The van der Waals surface area contributed by atoms with Gasteiger partial charge in [0.2, 0.25) is 11.9 Å². The van der Waals surface area contributed by atoms with Crippen molar-refractivity contribution in [2.45, 2.75) is 57.5 Å². The largest absolute Gasteiger partial charge is 0.433 e. The fourth-order valence-corrected chi connectivity index (χ4v) is 6.76. The quantitative estimate of drug-likeness (QED) is 0.179. The molecule has 5 aromatic rings. The van der Waals surface area contributed by atoms with Gasteiger partial charge in [0.25, 0.3) is 0 Å². The lowest BCUT2D eigenvalue weighted by atomic mass is 9.79. The summed E-state index contributed by atoms with van der Waals surface area (Å²) < 4.78 is 42.8. The van der Waals surface area contributed by atoms with Crippen LogP contribution >= 0.6 is 11.3 Å². The molecule has 47 heavy (non-hydrogen) atoms. The molecule has 4 N–H and O–H groups in total. The standard InChI is InChI=1S/C33H32F3N7O3S/c1-20-12-24(27-16-39-30(47-27)32(46)9-6-23(7-10-32)29(37)45)14-26(13-20)42(31-38-11-8-28(41-31)33(34,35)36)17-21-2-4-25(5-3-21)43-18-22(19-44)15-40-43/h2-5,8,11-16,18,23,44,46H,6-7,9-10,17,19H2,1H3,(H2,37,45). The van der Waals surface area contributed by atoms with E-state index in [1.165, 1.54) is 11.3 Å². The Bertz CT molecular complexity index is 1880. The van der Waals surface area contributed by atoms with Crippen molar-refractivity contribution in [3.05, 3.63) is 101 Å². The minimum atomic E-state index is -4.66. The minimum Gasteiger partial charge on any atom is -0.392 e. The summed E-state index contributed by atoms with van der Waals surface area (Å²) in [7, 11) is 0. The molecule has 0 saturated heterocycles. The molecule has 1 aliphatic rings. The van der Waals surface area contributed by atoms with Crippen LogP contribution in [0.3, 0.4) is 0 Å². The van der Waals surface area contributed by atoms with Gasteiger partial charge in [-0.15, -0.1) is 11.3 Å². The van der Waals surface area contributed by atoms with E-state index in [9.17, 15) is 28.2 Å². The minimum absolute atomic E-state index is 0.120. The normalized spacial score (nSPS) is 18.3. The smallest absolute Gasteiger partial charge is 0.392 e. The Kier molecular flexibility index (Phi) is 8.83. The molecule has 0 spiro atoms. The molecule has 3 heterocycles. The highest BCUT2D eigenvalue weighted by Gasteiger charge is 2.39. The number of hydrogen-bond acceptors (Lipinski definition) is 9. The fourth-order valence-electron chi connectivity index (χ4n) is 5.71. The van der Waals surface area contributed by atoms with Gasteiger partial charge in [-0.25, -0.2) is 19.6 Å². The highest BCUT2D eigenvalue weighted by atomic mass is 32.1. The molecule has 0 radical (unpaired) electrons. The second-order valence-corrected chi connectivity index (χ2v) is 12.8. The van der Waals surface area contributed by atoms with Crippen LogP contribution in [0.4, 0.5) is 24.8 Å². The molecular formula is C33H32F3N7O3S. The molecule has 1 fully saturated rings. The molecule has 14 heteroatoms. The van der Waals surface area contributed by atoms with Gasteiger partial charge in [-0.05, 0) is 79.6 Å². The van der Waals surface area contributed by atoms with Crippen molar-refractivity contribution in [2.75, 3.05) is 4.90 Å². The van der Waals surface area contributed by atoms with Crippen LogP contribution in [0.15, 0.2) is 73.3 Å². The van der Waals surface area contributed by atoms with Crippen LogP contribution in [-0.2, 0) is 29.7 Å². The van der Waals surface area contributed by atoms with Crippen LogP contribution in [0.25, 0.3) is 16.1 Å². The van der Waals surface area contributed by atoms with E-state index in [1.807, 2.05) is 49.4 Å². The molecule has 0 atom stereocenters. The number of carbonyl (C=O) groups is 1. The lowest BCUT2D eigenvalue weighted by Gasteiger charge is -2.33. The molecule has 1 amide bonds. The SMILES string of the molecule is Cc1cc(-c2cnc(C3(O)CCC(C(N)=O)CC3)s2)cc(N(Cc2ccc(-n3cc(CO)cn3)cc2)c2nccc(C(F)(F)F)n2)c1. The molecule has 0 bridgehead atoms. The fraction of sp³-hybridized carbons (Fsp3) is 0.303. The summed E-state index contributed by atoms with van der Waals surface area (Å²) in [6.45, 7) is 1.90. The van der Waals surface area contributed by atoms with Crippen LogP contribution in [0.1, 0.15) is 53.1 Å². The zero-order chi connectivity index (χ0) is 33.3. The third-order valence-corrected chi connectivity index (χ3v) is 9.55. The van der Waals surface area contributed by atoms with Gasteiger partial charge in [-0.1, -0.05) is 18.2 Å². The summed E-state index contributed by atoms with van der Waals surface area (Å²) in [6.07, 6.45) is 3.09. The summed E-state index contributed by atoms with van der Waals surface area (Å²) in [4.78, 5) is 26.7. The van der Waals surface area contributed by atoms with Gasteiger partial charge in [0.05, 0.1) is 29.9 Å². The number of aromatic nitrogens is 5. The van der Waals surface area contributed by atoms with Gasteiger partial charge in [0.15, 0.2) is 0 Å². The molecular weight excluding hydrogens is 631 g/mol. The van der Waals surface area contributed by atoms with Crippen molar-refractivity contribution in [3.8, 4) is 16.1 Å². The predicted molar refractivity (Wildman–Crippen MR) is 170 cm³/mol. The number of carbonyl (C=O) groups excluding carboxylic acids is 1. The van der Waals surface area contributed by atoms with Crippen molar-refractivity contribution in [1.82, 2.24) is 24.7 Å². The van der Waals surface area contributed by atoms with Gasteiger partial charge >= 0.3 is 6.18 Å². The number of nitrogens with zero attached hydrogens (tertiary/aromatic N) is 6. The molecule has 10 nitrogen and oxygen atoms in total. The average Bonchev–Trinajstić information content (AvgIpc) is 3.75. The third kappa shape index (κ3) is 7.04. The van der Waals surface area contributed by atoms with Gasteiger partial charge < -0.3 is 20.8 Å².